The lowest BCUT2D eigenvalue weighted by Crippen LogP contribution is -2.57. The Hall–Kier alpha value is -4.05. The number of aliphatic carboxylic acids is 2. The summed E-state index contributed by atoms with van der Waals surface area (Å²) < 4.78 is 0. The molecule has 16 heteroatoms. The lowest BCUT2D eigenvalue weighted by molar-refractivity contribution is -0.143. The van der Waals surface area contributed by atoms with E-state index in [2.05, 4.69) is 20.9 Å². The van der Waals surface area contributed by atoms with Gasteiger partial charge in [-0.1, -0.05) is 12.1 Å². The Morgan fingerprint density at radius 2 is 1.46 bits per heavy atom. The molecule has 12 N–H and O–H groups in total. The van der Waals surface area contributed by atoms with Crippen molar-refractivity contribution in [1.82, 2.24) is 16.0 Å². The second kappa shape index (κ2) is 18.3. The largest absolute Gasteiger partial charge is 0.508 e. The highest BCUT2D eigenvalue weighted by atomic mass is 32.2. The van der Waals surface area contributed by atoms with Crippen molar-refractivity contribution in [1.29, 1.82) is 0 Å². The second-order valence-corrected chi connectivity index (χ2v) is 10.1. The fourth-order valence-corrected chi connectivity index (χ4v) is 4.05. The van der Waals surface area contributed by atoms with Gasteiger partial charge in [-0.3, -0.25) is 24.2 Å². The maximum Gasteiger partial charge on any atom is 0.326 e. The maximum absolute atomic E-state index is 13.4. The Kier molecular flexibility index (Phi) is 15.6. The first-order valence-electron chi connectivity index (χ1n) is 12.8. The molecule has 4 unspecified atom stereocenters. The van der Waals surface area contributed by atoms with E-state index in [1.165, 1.54) is 23.9 Å². The summed E-state index contributed by atoms with van der Waals surface area (Å²) in [6, 6.07) is 1.15. The van der Waals surface area contributed by atoms with Gasteiger partial charge in [-0.2, -0.15) is 11.8 Å². The number of nitrogens with one attached hydrogen (secondary N) is 3. The summed E-state index contributed by atoms with van der Waals surface area (Å²) in [7, 11) is 0. The van der Waals surface area contributed by atoms with Crippen molar-refractivity contribution in [3.05, 3.63) is 29.8 Å². The summed E-state index contributed by atoms with van der Waals surface area (Å²) in [5, 5.41) is 35.3. The summed E-state index contributed by atoms with van der Waals surface area (Å²) in [5.74, 6) is -4.45. The molecule has 0 bridgehead atoms. The average molecular weight is 598 g/mol. The molecule has 0 spiro atoms. The lowest BCUT2D eigenvalue weighted by atomic mass is 10.0. The number of phenolic OH excluding ortho intramolecular Hbond substituents is 1. The second-order valence-electron chi connectivity index (χ2n) is 9.16. The number of hydrogen-bond acceptors (Lipinski definition) is 9. The number of carbonyl (C=O) groups is 5. The van der Waals surface area contributed by atoms with E-state index in [4.69, 9.17) is 22.3 Å². The van der Waals surface area contributed by atoms with Gasteiger partial charge < -0.3 is 48.5 Å². The van der Waals surface area contributed by atoms with Crippen molar-refractivity contribution in [3.8, 4) is 5.75 Å². The van der Waals surface area contributed by atoms with Crippen LogP contribution in [0.3, 0.4) is 0 Å². The third-order valence-corrected chi connectivity index (χ3v) is 6.46. The minimum atomic E-state index is -1.48. The van der Waals surface area contributed by atoms with E-state index in [-0.39, 0.29) is 43.9 Å². The monoisotopic (exact) mass is 597 g/mol. The van der Waals surface area contributed by atoms with Gasteiger partial charge >= 0.3 is 11.9 Å². The van der Waals surface area contributed by atoms with Crippen LogP contribution in [0.5, 0.6) is 5.75 Å². The van der Waals surface area contributed by atoms with Crippen molar-refractivity contribution >= 4 is 47.4 Å². The quantitative estimate of drug-likeness (QED) is 0.0499. The smallest absolute Gasteiger partial charge is 0.326 e. The van der Waals surface area contributed by atoms with Gasteiger partial charge in [0.05, 0.1) is 6.04 Å². The standard InChI is InChI=1S/C25H39N7O8S/c1-41-12-10-17(22(37)31-18(24(39)40)8-9-20(34)35)30-23(38)19(13-14-4-6-15(33)7-5-14)32-21(36)16(26)3-2-11-29-25(27)28/h4-7,16-19,33H,2-3,8-13,26H2,1H3,(H,30,38)(H,31,37)(H,32,36)(H,34,35)(H,39,40)(H4,27,28,29). The molecule has 1 rings (SSSR count). The Morgan fingerprint density at radius 3 is 2.02 bits per heavy atom. The summed E-state index contributed by atoms with van der Waals surface area (Å²) in [6.07, 6.45) is 1.71. The SMILES string of the molecule is CSCCC(NC(=O)C(Cc1ccc(O)cc1)NC(=O)C(N)CCCN=C(N)N)C(=O)NC(CCC(=O)O)C(=O)O. The summed E-state index contributed by atoms with van der Waals surface area (Å²) >= 11 is 1.39. The number of aliphatic imine (C=N–C) groups is 1. The molecule has 4 atom stereocenters. The van der Waals surface area contributed by atoms with Crippen molar-refractivity contribution in [2.24, 2.45) is 22.2 Å². The first-order chi connectivity index (χ1) is 19.3. The van der Waals surface area contributed by atoms with Gasteiger partial charge in [0.25, 0.3) is 0 Å². The van der Waals surface area contributed by atoms with E-state index in [0.29, 0.717) is 17.7 Å². The number of carboxylic acids is 2. The number of rotatable bonds is 19. The Bertz CT molecular complexity index is 1070. The van der Waals surface area contributed by atoms with Gasteiger partial charge in [-0.05, 0) is 55.4 Å². The van der Waals surface area contributed by atoms with Crippen LogP contribution in [0.15, 0.2) is 29.3 Å². The molecule has 41 heavy (non-hydrogen) atoms. The number of thioether (sulfide) groups is 1. The van der Waals surface area contributed by atoms with Crippen molar-refractivity contribution in [2.45, 2.75) is 62.7 Å². The number of phenols is 1. The maximum atomic E-state index is 13.4. The van der Waals surface area contributed by atoms with Gasteiger partial charge in [0.1, 0.15) is 23.9 Å². The van der Waals surface area contributed by atoms with Crippen LogP contribution in [-0.2, 0) is 30.4 Å². The molecule has 15 nitrogen and oxygen atoms in total. The number of aromatic hydroxyl groups is 1. The Morgan fingerprint density at radius 1 is 0.878 bits per heavy atom. The van der Waals surface area contributed by atoms with Crippen molar-refractivity contribution in [2.75, 3.05) is 18.6 Å². The van der Waals surface area contributed by atoms with E-state index in [0.717, 1.165) is 0 Å². The van der Waals surface area contributed by atoms with E-state index >= 15 is 0 Å². The first kappa shape index (κ1) is 35.0. The highest BCUT2D eigenvalue weighted by molar-refractivity contribution is 7.98. The molecule has 0 radical (unpaired) electrons. The fraction of sp³-hybridized carbons (Fsp3) is 0.520. The lowest BCUT2D eigenvalue weighted by Gasteiger charge is -2.25. The third-order valence-electron chi connectivity index (χ3n) is 5.82. The number of guanidine groups is 1. The molecule has 228 valence electrons. The predicted octanol–water partition coefficient (Wildman–Crippen LogP) is -1.53. The molecule has 3 amide bonds. The number of amides is 3. The molecular weight excluding hydrogens is 558 g/mol. The van der Waals surface area contributed by atoms with Crippen LogP contribution in [0.4, 0.5) is 0 Å². The van der Waals surface area contributed by atoms with E-state index in [1.54, 1.807) is 18.4 Å². The molecular formula is C25H39N7O8S. The minimum Gasteiger partial charge on any atom is -0.508 e. The Labute approximate surface area is 241 Å². The number of benzene rings is 1. The minimum absolute atomic E-state index is 0.00580. The molecule has 0 heterocycles. The van der Waals surface area contributed by atoms with Gasteiger partial charge in [-0.25, -0.2) is 4.79 Å². The molecule has 1 aromatic rings. The zero-order valence-electron chi connectivity index (χ0n) is 22.7. The average Bonchev–Trinajstić information content (AvgIpc) is 2.91. The summed E-state index contributed by atoms with van der Waals surface area (Å²) in [6.45, 7) is 0.261. The van der Waals surface area contributed by atoms with Crippen molar-refractivity contribution in [3.63, 3.8) is 0 Å². The molecule has 0 aliphatic rings. The normalized spacial score (nSPS) is 13.6. The van der Waals surface area contributed by atoms with Crippen LogP contribution in [0, 0.1) is 0 Å². The first-order valence-corrected chi connectivity index (χ1v) is 14.2. The van der Waals surface area contributed by atoms with Gasteiger partial charge in [-0.15, -0.1) is 0 Å². The van der Waals surface area contributed by atoms with Gasteiger partial charge in [0.15, 0.2) is 5.96 Å². The van der Waals surface area contributed by atoms with Crippen LogP contribution in [0.2, 0.25) is 0 Å². The number of carbonyl (C=O) groups excluding carboxylic acids is 3. The van der Waals surface area contributed by atoms with E-state index in [9.17, 15) is 34.2 Å². The molecule has 0 aliphatic carbocycles. The zero-order valence-corrected chi connectivity index (χ0v) is 23.6. The highest BCUT2D eigenvalue weighted by Crippen LogP contribution is 2.12. The molecule has 0 fully saturated rings. The molecule has 1 aromatic carbocycles. The summed E-state index contributed by atoms with van der Waals surface area (Å²) in [5.41, 5.74) is 17.2. The van der Waals surface area contributed by atoms with Crippen LogP contribution >= 0.6 is 11.8 Å². The van der Waals surface area contributed by atoms with Crippen LogP contribution < -0.4 is 33.2 Å². The fourth-order valence-electron chi connectivity index (χ4n) is 3.58. The molecule has 0 saturated heterocycles. The highest BCUT2D eigenvalue weighted by Gasteiger charge is 2.30. The zero-order chi connectivity index (χ0) is 30.9. The number of carboxylic acid groups (broad SMARTS) is 2. The van der Waals surface area contributed by atoms with Gasteiger partial charge in [0.2, 0.25) is 17.7 Å². The molecule has 0 aliphatic heterocycles. The topological polar surface area (TPSA) is 273 Å². The number of nitrogens with zero attached hydrogens (tertiary/aromatic N) is 1. The van der Waals surface area contributed by atoms with E-state index < -0.39 is 60.2 Å². The van der Waals surface area contributed by atoms with Crippen LogP contribution in [-0.4, -0.2) is 93.7 Å². The van der Waals surface area contributed by atoms with Crippen molar-refractivity contribution < 1.29 is 39.3 Å². The van der Waals surface area contributed by atoms with Gasteiger partial charge in [0, 0.05) is 19.4 Å². The number of nitrogens with two attached hydrogens (primary N) is 3. The third kappa shape index (κ3) is 14.2. The molecule has 0 saturated carbocycles. The van der Waals surface area contributed by atoms with Crippen LogP contribution in [0.1, 0.15) is 37.7 Å². The number of hydrogen-bond donors (Lipinski definition) is 9. The van der Waals surface area contributed by atoms with E-state index in [1.807, 2.05) is 0 Å². The predicted molar refractivity (Wildman–Crippen MR) is 153 cm³/mol. The Balaban J connectivity index is 3.08. The summed E-state index contributed by atoms with van der Waals surface area (Å²) in [4.78, 5) is 65.4. The van der Waals surface area contributed by atoms with Crippen LogP contribution in [0.25, 0.3) is 0 Å². The molecule has 0 aromatic heterocycles.